The maximum absolute atomic E-state index is 11.1. The highest BCUT2D eigenvalue weighted by atomic mass is 16.3. The Balaban J connectivity index is 1.76. The van der Waals surface area contributed by atoms with Crippen molar-refractivity contribution in [2.45, 2.75) is 78.1 Å². The van der Waals surface area contributed by atoms with Gasteiger partial charge in [-0.25, -0.2) is 0 Å². The third-order valence-corrected chi connectivity index (χ3v) is 6.84. The minimum atomic E-state index is 0.438. The molecule has 0 unspecified atom stereocenters. The van der Waals surface area contributed by atoms with Gasteiger partial charge in [-0.3, -0.25) is 0 Å². The van der Waals surface area contributed by atoms with Gasteiger partial charge in [-0.05, 0) is 77.1 Å². The number of aromatic hydroxyl groups is 1. The fourth-order valence-corrected chi connectivity index (χ4v) is 5.16. The molecule has 0 saturated heterocycles. The van der Waals surface area contributed by atoms with Crippen LogP contribution in [0.2, 0.25) is 0 Å². The van der Waals surface area contributed by atoms with Crippen LogP contribution in [0.3, 0.4) is 0 Å². The zero-order valence-corrected chi connectivity index (χ0v) is 19.2. The van der Waals surface area contributed by atoms with Crippen molar-refractivity contribution in [3.8, 4) is 28.0 Å². The third kappa shape index (κ3) is 4.56. The van der Waals surface area contributed by atoms with Crippen LogP contribution in [0, 0.1) is 0 Å². The van der Waals surface area contributed by atoms with Crippen molar-refractivity contribution < 1.29 is 5.11 Å². The molecule has 162 valence electrons. The van der Waals surface area contributed by atoms with Gasteiger partial charge in [0, 0.05) is 5.56 Å². The van der Waals surface area contributed by atoms with Crippen LogP contribution in [-0.2, 0) is 19.3 Å². The van der Waals surface area contributed by atoms with Crippen molar-refractivity contribution in [3.63, 3.8) is 0 Å². The van der Waals surface area contributed by atoms with E-state index in [4.69, 9.17) is 0 Å². The fourth-order valence-electron chi connectivity index (χ4n) is 5.16. The summed E-state index contributed by atoms with van der Waals surface area (Å²) in [7, 11) is 0. The molecule has 0 amide bonds. The Morgan fingerprint density at radius 2 is 1.42 bits per heavy atom. The molecule has 0 heterocycles. The molecule has 1 N–H and O–H groups in total. The Morgan fingerprint density at radius 3 is 2.26 bits per heavy atom. The summed E-state index contributed by atoms with van der Waals surface area (Å²) in [5.74, 6) is 0.438. The van der Waals surface area contributed by atoms with E-state index in [9.17, 15) is 5.11 Å². The molecular formula is C30H36O. The van der Waals surface area contributed by atoms with Gasteiger partial charge in [-0.15, -0.1) is 0 Å². The number of fused-ring (bicyclic) bond motifs is 3. The van der Waals surface area contributed by atoms with Crippen molar-refractivity contribution in [3.05, 3.63) is 76.9 Å². The number of aryl methyl sites for hydroxylation is 1. The van der Waals surface area contributed by atoms with Gasteiger partial charge in [0.2, 0.25) is 0 Å². The topological polar surface area (TPSA) is 20.2 Å². The average Bonchev–Trinajstić information content (AvgIpc) is 3.17. The SMILES string of the molecule is CCCCCCCc1c(CCCC)ccc(O)c1-c1cccc2c1Cc1ccccc1-2. The van der Waals surface area contributed by atoms with Gasteiger partial charge in [0.15, 0.2) is 0 Å². The van der Waals surface area contributed by atoms with Crippen LogP contribution in [0.1, 0.15) is 81.0 Å². The summed E-state index contributed by atoms with van der Waals surface area (Å²) in [5.41, 5.74) is 10.6. The van der Waals surface area contributed by atoms with E-state index in [1.165, 1.54) is 83.9 Å². The maximum atomic E-state index is 11.1. The first-order valence-electron chi connectivity index (χ1n) is 12.3. The maximum Gasteiger partial charge on any atom is 0.123 e. The van der Waals surface area contributed by atoms with Gasteiger partial charge in [0.05, 0.1) is 0 Å². The summed E-state index contributed by atoms with van der Waals surface area (Å²) in [5, 5.41) is 11.1. The first-order valence-corrected chi connectivity index (χ1v) is 12.3. The lowest BCUT2D eigenvalue weighted by molar-refractivity contribution is 0.476. The van der Waals surface area contributed by atoms with Crippen LogP contribution in [0.15, 0.2) is 54.6 Å². The van der Waals surface area contributed by atoms with Crippen LogP contribution in [0.25, 0.3) is 22.3 Å². The number of unbranched alkanes of at least 4 members (excludes halogenated alkanes) is 5. The van der Waals surface area contributed by atoms with Crippen LogP contribution >= 0.6 is 0 Å². The fraction of sp³-hybridized carbons (Fsp3) is 0.400. The van der Waals surface area contributed by atoms with Gasteiger partial charge < -0.3 is 5.11 Å². The smallest absolute Gasteiger partial charge is 0.123 e. The molecule has 3 aromatic rings. The van der Waals surface area contributed by atoms with Crippen molar-refractivity contribution in [1.82, 2.24) is 0 Å². The highest BCUT2D eigenvalue weighted by Gasteiger charge is 2.24. The molecule has 3 aromatic carbocycles. The Labute approximate surface area is 188 Å². The molecule has 1 aliphatic carbocycles. The molecule has 0 saturated carbocycles. The Bertz CT molecular complexity index is 1030. The third-order valence-electron chi connectivity index (χ3n) is 6.84. The number of benzene rings is 3. The van der Waals surface area contributed by atoms with Crippen molar-refractivity contribution in [2.24, 2.45) is 0 Å². The van der Waals surface area contributed by atoms with Gasteiger partial charge in [0.1, 0.15) is 5.75 Å². The summed E-state index contributed by atoms with van der Waals surface area (Å²) in [4.78, 5) is 0. The van der Waals surface area contributed by atoms with E-state index in [0.717, 1.165) is 24.8 Å². The molecule has 31 heavy (non-hydrogen) atoms. The highest BCUT2D eigenvalue weighted by molar-refractivity contribution is 5.87. The first kappa shape index (κ1) is 21.7. The molecule has 1 heteroatoms. The van der Waals surface area contributed by atoms with Crippen molar-refractivity contribution >= 4 is 0 Å². The van der Waals surface area contributed by atoms with Gasteiger partial charge in [-0.1, -0.05) is 94.5 Å². The van der Waals surface area contributed by atoms with Gasteiger partial charge in [-0.2, -0.15) is 0 Å². The predicted octanol–water partition coefficient (Wildman–Crippen LogP) is 8.49. The van der Waals surface area contributed by atoms with Crippen molar-refractivity contribution in [1.29, 1.82) is 0 Å². The monoisotopic (exact) mass is 412 g/mol. The number of phenols is 1. The summed E-state index contributed by atoms with van der Waals surface area (Å²) in [6, 6.07) is 19.5. The molecule has 0 spiro atoms. The van der Waals surface area contributed by atoms with E-state index in [2.05, 4.69) is 62.4 Å². The molecule has 0 aromatic heterocycles. The first-order chi connectivity index (χ1) is 15.2. The number of hydrogen-bond donors (Lipinski definition) is 1. The van der Waals surface area contributed by atoms with E-state index in [-0.39, 0.29) is 0 Å². The number of rotatable bonds is 10. The normalized spacial score (nSPS) is 12.1. The minimum absolute atomic E-state index is 0.438. The minimum Gasteiger partial charge on any atom is -0.507 e. The molecular weight excluding hydrogens is 376 g/mol. The predicted molar refractivity (Wildman–Crippen MR) is 133 cm³/mol. The quantitative estimate of drug-likeness (QED) is 0.259. The van der Waals surface area contributed by atoms with Crippen LogP contribution in [0.5, 0.6) is 5.75 Å². The Hall–Kier alpha value is -2.54. The lowest BCUT2D eigenvalue weighted by Gasteiger charge is -2.19. The lowest BCUT2D eigenvalue weighted by atomic mass is 9.86. The van der Waals surface area contributed by atoms with Gasteiger partial charge in [0.25, 0.3) is 0 Å². The van der Waals surface area contributed by atoms with E-state index in [0.29, 0.717) is 5.75 Å². The largest absolute Gasteiger partial charge is 0.507 e. The second-order valence-corrected chi connectivity index (χ2v) is 9.03. The Kier molecular flexibility index (Phi) is 7.12. The molecule has 4 rings (SSSR count). The summed E-state index contributed by atoms with van der Waals surface area (Å²) < 4.78 is 0. The second kappa shape index (κ2) is 10.2. The van der Waals surface area contributed by atoms with Crippen LogP contribution in [0.4, 0.5) is 0 Å². The zero-order valence-electron chi connectivity index (χ0n) is 19.2. The average molecular weight is 413 g/mol. The van der Waals surface area contributed by atoms with Crippen LogP contribution in [-0.4, -0.2) is 5.11 Å². The zero-order chi connectivity index (χ0) is 21.6. The molecule has 0 fully saturated rings. The number of hydrogen-bond acceptors (Lipinski definition) is 1. The molecule has 0 bridgehead atoms. The standard InChI is InChI=1S/C30H36O/c1-3-5-7-8-9-16-25-22(13-6-4-2)19-20-29(31)30(25)27-18-12-17-26-24-15-11-10-14-23(24)21-28(26)27/h10-12,14-15,17-20,31H,3-9,13,16,21H2,1-2H3. The Morgan fingerprint density at radius 1 is 0.677 bits per heavy atom. The lowest BCUT2D eigenvalue weighted by Crippen LogP contribution is -2.01. The highest BCUT2D eigenvalue weighted by Crippen LogP contribution is 2.45. The van der Waals surface area contributed by atoms with Crippen LogP contribution < -0.4 is 0 Å². The van der Waals surface area contributed by atoms with E-state index in [1.807, 2.05) is 6.07 Å². The summed E-state index contributed by atoms with van der Waals surface area (Å²) >= 11 is 0. The van der Waals surface area contributed by atoms with E-state index >= 15 is 0 Å². The van der Waals surface area contributed by atoms with Gasteiger partial charge >= 0.3 is 0 Å². The van der Waals surface area contributed by atoms with E-state index in [1.54, 1.807) is 0 Å². The summed E-state index contributed by atoms with van der Waals surface area (Å²) in [6.07, 6.45) is 11.9. The molecule has 0 atom stereocenters. The van der Waals surface area contributed by atoms with E-state index < -0.39 is 0 Å². The molecule has 0 radical (unpaired) electrons. The summed E-state index contributed by atoms with van der Waals surface area (Å²) in [6.45, 7) is 4.53. The molecule has 0 aliphatic heterocycles. The number of phenolic OH excluding ortho intramolecular Hbond substituents is 1. The molecule has 1 nitrogen and oxygen atoms in total. The second-order valence-electron chi connectivity index (χ2n) is 9.03. The van der Waals surface area contributed by atoms with Crippen molar-refractivity contribution in [2.75, 3.05) is 0 Å². The molecule has 1 aliphatic rings.